The molecule has 1 saturated heterocycles. The molecule has 1 aliphatic heterocycles. The predicted molar refractivity (Wildman–Crippen MR) is 69.8 cm³/mol. The Morgan fingerprint density at radius 1 is 1.26 bits per heavy atom. The molecule has 1 aliphatic rings. The summed E-state index contributed by atoms with van der Waals surface area (Å²) in [5.74, 6) is -0.977. The average molecular weight is 270 g/mol. The maximum absolute atomic E-state index is 13.6. The second kappa shape index (κ2) is 6.41. The first kappa shape index (κ1) is 14.4. The quantitative estimate of drug-likeness (QED) is 0.897. The first-order valence-corrected chi connectivity index (χ1v) is 6.58. The van der Waals surface area contributed by atoms with E-state index in [9.17, 15) is 8.78 Å². The van der Waals surface area contributed by atoms with Crippen LogP contribution in [0.5, 0.6) is 0 Å². The number of halogens is 2. The first-order chi connectivity index (χ1) is 9.11. The minimum absolute atomic E-state index is 0.134. The highest BCUT2D eigenvalue weighted by Gasteiger charge is 2.25. The highest BCUT2D eigenvalue weighted by Crippen LogP contribution is 2.18. The molecular formula is C14H20F2N2O. The third-order valence-electron chi connectivity index (χ3n) is 3.77. The number of hydrogen-bond acceptors (Lipinski definition) is 3. The van der Waals surface area contributed by atoms with Gasteiger partial charge in [-0.3, -0.25) is 4.90 Å². The molecule has 0 unspecified atom stereocenters. The summed E-state index contributed by atoms with van der Waals surface area (Å²) < 4.78 is 27.2. The summed E-state index contributed by atoms with van der Waals surface area (Å²) in [4.78, 5) is 4.23. The fraction of sp³-hybridized carbons (Fsp3) is 0.571. The zero-order valence-electron chi connectivity index (χ0n) is 11.1. The van der Waals surface area contributed by atoms with Crippen LogP contribution in [0.4, 0.5) is 8.78 Å². The molecule has 1 fully saturated rings. The summed E-state index contributed by atoms with van der Waals surface area (Å²) in [7, 11) is 2.02. The van der Waals surface area contributed by atoms with E-state index in [4.69, 9.17) is 5.11 Å². The van der Waals surface area contributed by atoms with Gasteiger partial charge in [0.1, 0.15) is 11.6 Å². The number of likely N-dealkylation sites (N-methyl/N-ethyl adjacent to an activating group) is 1. The monoisotopic (exact) mass is 270 g/mol. The Bertz CT molecular complexity index is 408. The fourth-order valence-electron chi connectivity index (χ4n) is 2.52. The summed E-state index contributed by atoms with van der Waals surface area (Å²) >= 11 is 0. The summed E-state index contributed by atoms with van der Waals surface area (Å²) in [5, 5.41) is 9.04. The largest absolute Gasteiger partial charge is 0.396 e. The fourth-order valence-corrected chi connectivity index (χ4v) is 2.52. The van der Waals surface area contributed by atoms with Crippen molar-refractivity contribution in [3.63, 3.8) is 0 Å². The molecular weight excluding hydrogens is 250 g/mol. The van der Waals surface area contributed by atoms with E-state index in [0.29, 0.717) is 6.42 Å². The van der Waals surface area contributed by atoms with E-state index in [-0.39, 0.29) is 24.8 Å². The van der Waals surface area contributed by atoms with Crippen LogP contribution in [0.1, 0.15) is 12.0 Å². The third-order valence-corrected chi connectivity index (χ3v) is 3.77. The number of nitrogens with zero attached hydrogens (tertiary/aromatic N) is 2. The Morgan fingerprint density at radius 3 is 2.58 bits per heavy atom. The van der Waals surface area contributed by atoms with Crippen LogP contribution < -0.4 is 0 Å². The van der Waals surface area contributed by atoms with Gasteiger partial charge in [0.05, 0.1) is 0 Å². The van der Waals surface area contributed by atoms with Crippen molar-refractivity contribution in [1.29, 1.82) is 0 Å². The van der Waals surface area contributed by atoms with Crippen LogP contribution in [-0.4, -0.2) is 54.2 Å². The molecule has 0 aromatic heterocycles. The maximum atomic E-state index is 13.6. The van der Waals surface area contributed by atoms with E-state index < -0.39 is 11.6 Å². The van der Waals surface area contributed by atoms with Crippen LogP contribution >= 0.6 is 0 Å². The SMILES string of the molecule is CN1CCN(Cc2c(F)cccc2F)C[C@@H]1CCO. The number of aliphatic hydroxyl groups is 1. The normalized spacial score (nSPS) is 21.8. The lowest BCUT2D eigenvalue weighted by molar-refractivity contribution is 0.0730. The van der Waals surface area contributed by atoms with Crippen LogP contribution in [0.3, 0.4) is 0 Å². The van der Waals surface area contributed by atoms with Gasteiger partial charge in [-0.1, -0.05) is 6.07 Å². The van der Waals surface area contributed by atoms with Crippen molar-refractivity contribution >= 4 is 0 Å². The molecule has 0 aliphatic carbocycles. The molecule has 1 atom stereocenters. The molecule has 1 aromatic carbocycles. The van der Waals surface area contributed by atoms with Gasteiger partial charge in [0.2, 0.25) is 0 Å². The highest BCUT2D eigenvalue weighted by atomic mass is 19.1. The van der Waals surface area contributed by atoms with Gasteiger partial charge >= 0.3 is 0 Å². The van der Waals surface area contributed by atoms with E-state index in [1.165, 1.54) is 18.2 Å². The lowest BCUT2D eigenvalue weighted by Gasteiger charge is -2.39. The number of benzene rings is 1. The van der Waals surface area contributed by atoms with E-state index in [1.807, 2.05) is 11.9 Å². The molecule has 0 saturated carbocycles. The number of rotatable bonds is 4. The van der Waals surface area contributed by atoms with Gasteiger partial charge in [-0.2, -0.15) is 0 Å². The molecule has 1 heterocycles. The van der Waals surface area contributed by atoms with E-state index in [1.54, 1.807) is 0 Å². The van der Waals surface area contributed by atoms with Crippen molar-refractivity contribution in [3.05, 3.63) is 35.4 Å². The second-order valence-electron chi connectivity index (χ2n) is 5.08. The molecule has 19 heavy (non-hydrogen) atoms. The molecule has 2 rings (SSSR count). The molecule has 3 nitrogen and oxygen atoms in total. The summed E-state index contributed by atoms with van der Waals surface area (Å²) in [6.45, 7) is 2.78. The van der Waals surface area contributed by atoms with Crippen molar-refractivity contribution < 1.29 is 13.9 Å². The summed E-state index contributed by atoms with van der Waals surface area (Å²) in [6, 6.07) is 4.21. The summed E-state index contributed by atoms with van der Waals surface area (Å²) in [5.41, 5.74) is 0.134. The molecule has 1 aromatic rings. The van der Waals surface area contributed by atoms with Gasteiger partial charge in [-0.15, -0.1) is 0 Å². The Morgan fingerprint density at radius 2 is 1.95 bits per heavy atom. The van der Waals surface area contributed by atoms with Crippen molar-refractivity contribution in [3.8, 4) is 0 Å². The number of aliphatic hydroxyl groups excluding tert-OH is 1. The van der Waals surface area contributed by atoms with E-state index in [2.05, 4.69) is 4.90 Å². The number of hydrogen-bond donors (Lipinski definition) is 1. The van der Waals surface area contributed by atoms with Crippen LogP contribution in [-0.2, 0) is 6.54 Å². The Balaban J connectivity index is 2.03. The zero-order chi connectivity index (χ0) is 13.8. The Kier molecular flexibility index (Phi) is 4.85. The van der Waals surface area contributed by atoms with Crippen LogP contribution in [0.2, 0.25) is 0 Å². The second-order valence-corrected chi connectivity index (χ2v) is 5.08. The molecule has 0 spiro atoms. The minimum atomic E-state index is -0.488. The molecule has 1 N–H and O–H groups in total. The minimum Gasteiger partial charge on any atom is -0.396 e. The molecule has 106 valence electrons. The van der Waals surface area contributed by atoms with Gasteiger partial charge < -0.3 is 10.0 Å². The maximum Gasteiger partial charge on any atom is 0.130 e. The topological polar surface area (TPSA) is 26.7 Å². The van der Waals surface area contributed by atoms with Crippen molar-refractivity contribution in [1.82, 2.24) is 9.80 Å². The van der Waals surface area contributed by atoms with Gasteiger partial charge in [-0.05, 0) is 25.6 Å². The van der Waals surface area contributed by atoms with Crippen molar-refractivity contribution in [2.24, 2.45) is 0 Å². The number of piperazine rings is 1. The van der Waals surface area contributed by atoms with Gasteiger partial charge in [0, 0.05) is 44.4 Å². The Hall–Kier alpha value is -1.04. The Labute approximate surface area is 112 Å². The lowest BCUT2D eigenvalue weighted by Crippen LogP contribution is -2.51. The predicted octanol–water partition coefficient (Wildman–Crippen LogP) is 1.46. The van der Waals surface area contributed by atoms with Crippen LogP contribution in [0.15, 0.2) is 18.2 Å². The van der Waals surface area contributed by atoms with Crippen LogP contribution in [0, 0.1) is 11.6 Å². The van der Waals surface area contributed by atoms with Crippen molar-refractivity contribution in [2.75, 3.05) is 33.3 Å². The molecule has 5 heteroatoms. The van der Waals surface area contributed by atoms with Crippen molar-refractivity contribution in [2.45, 2.75) is 19.0 Å². The molecule has 0 radical (unpaired) electrons. The van der Waals surface area contributed by atoms with E-state index >= 15 is 0 Å². The summed E-state index contributed by atoms with van der Waals surface area (Å²) in [6.07, 6.45) is 0.687. The molecule has 0 amide bonds. The standard InChI is InChI=1S/C14H20F2N2O/c1-17-6-7-18(9-11(17)5-8-19)10-12-13(15)3-2-4-14(12)16/h2-4,11,19H,5-10H2,1H3/t11-/m0/s1. The molecule has 0 bridgehead atoms. The third kappa shape index (κ3) is 3.49. The van der Waals surface area contributed by atoms with Gasteiger partial charge in [0.15, 0.2) is 0 Å². The van der Waals surface area contributed by atoms with Crippen LogP contribution in [0.25, 0.3) is 0 Å². The van der Waals surface area contributed by atoms with E-state index in [0.717, 1.165) is 19.6 Å². The zero-order valence-corrected chi connectivity index (χ0v) is 11.1. The smallest absolute Gasteiger partial charge is 0.130 e. The average Bonchev–Trinajstić information content (AvgIpc) is 2.38. The lowest BCUT2D eigenvalue weighted by atomic mass is 10.1. The highest BCUT2D eigenvalue weighted by molar-refractivity contribution is 5.19. The van der Waals surface area contributed by atoms with Gasteiger partial charge in [0.25, 0.3) is 0 Å². The first-order valence-electron chi connectivity index (χ1n) is 6.58. The van der Waals surface area contributed by atoms with Gasteiger partial charge in [-0.25, -0.2) is 8.78 Å².